The van der Waals surface area contributed by atoms with Crippen LogP contribution < -0.4 is 10.6 Å². The lowest BCUT2D eigenvalue weighted by Crippen LogP contribution is -2.47. The molecule has 0 fully saturated rings. The number of benzene rings is 2. The minimum Gasteiger partial charge on any atom is -0.334 e. The fourth-order valence-electron chi connectivity index (χ4n) is 2.27. The van der Waals surface area contributed by atoms with Crippen molar-refractivity contribution in [2.24, 2.45) is 0 Å². The van der Waals surface area contributed by atoms with Gasteiger partial charge in [0.1, 0.15) is 0 Å². The van der Waals surface area contributed by atoms with Crippen molar-refractivity contribution in [3.8, 4) is 0 Å². The number of amides is 2. The number of rotatable bonds is 5. The summed E-state index contributed by atoms with van der Waals surface area (Å²) in [5, 5.41) is 6.61. The van der Waals surface area contributed by atoms with Crippen LogP contribution in [0, 0.1) is 0 Å². The van der Waals surface area contributed by atoms with Gasteiger partial charge >= 0.3 is 6.03 Å². The Morgan fingerprint density at radius 3 is 2.50 bits per heavy atom. The second kappa shape index (κ2) is 7.32. The first-order valence-electron chi connectivity index (χ1n) is 7.39. The molecule has 3 nitrogen and oxygen atoms in total. The van der Waals surface area contributed by atoms with Crippen LogP contribution in [0.5, 0.6) is 0 Å². The molecule has 1 unspecified atom stereocenters. The molecule has 0 saturated carbocycles. The minimum atomic E-state index is -0.453. The number of urea groups is 1. The Morgan fingerprint density at radius 2 is 1.86 bits per heavy atom. The van der Waals surface area contributed by atoms with Crippen molar-refractivity contribution >= 4 is 17.6 Å². The van der Waals surface area contributed by atoms with Gasteiger partial charge in [0.25, 0.3) is 0 Å². The molecule has 0 aromatic heterocycles. The summed E-state index contributed by atoms with van der Waals surface area (Å²) < 4.78 is 0. The summed E-state index contributed by atoms with van der Waals surface area (Å²) in [6, 6.07) is 17.2. The molecule has 116 valence electrons. The fourth-order valence-corrected chi connectivity index (χ4v) is 2.46. The van der Waals surface area contributed by atoms with Gasteiger partial charge in [0, 0.05) is 11.6 Å². The monoisotopic (exact) mass is 316 g/mol. The van der Waals surface area contributed by atoms with Crippen molar-refractivity contribution in [2.75, 3.05) is 0 Å². The van der Waals surface area contributed by atoms with E-state index < -0.39 is 5.54 Å². The third-order valence-electron chi connectivity index (χ3n) is 3.85. The highest BCUT2D eigenvalue weighted by molar-refractivity contribution is 6.30. The highest BCUT2D eigenvalue weighted by Gasteiger charge is 2.26. The van der Waals surface area contributed by atoms with E-state index in [0.717, 1.165) is 17.5 Å². The standard InChI is InChI=1S/C18H21ClN2O/c1-3-18(2,15-10-7-11-16(19)12-15)21-17(22)20-13-14-8-5-4-6-9-14/h4-12H,3,13H2,1-2H3,(H2,20,21,22). The van der Waals surface area contributed by atoms with Crippen LogP contribution in [-0.4, -0.2) is 6.03 Å². The van der Waals surface area contributed by atoms with Crippen molar-refractivity contribution in [3.05, 3.63) is 70.7 Å². The van der Waals surface area contributed by atoms with Gasteiger partial charge < -0.3 is 10.6 Å². The highest BCUT2D eigenvalue weighted by atomic mass is 35.5. The van der Waals surface area contributed by atoms with E-state index in [1.807, 2.05) is 68.4 Å². The molecule has 0 aliphatic heterocycles. The first-order valence-corrected chi connectivity index (χ1v) is 7.77. The summed E-state index contributed by atoms with van der Waals surface area (Å²) in [5.41, 5.74) is 1.61. The van der Waals surface area contributed by atoms with Crippen LogP contribution in [0.3, 0.4) is 0 Å². The lowest BCUT2D eigenvalue weighted by atomic mass is 9.89. The number of hydrogen-bond donors (Lipinski definition) is 2. The Morgan fingerprint density at radius 1 is 1.14 bits per heavy atom. The van der Waals surface area contributed by atoms with Gasteiger partial charge in [-0.15, -0.1) is 0 Å². The van der Waals surface area contributed by atoms with E-state index in [0.29, 0.717) is 11.6 Å². The van der Waals surface area contributed by atoms with Gasteiger partial charge in [-0.05, 0) is 36.6 Å². The quantitative estimate of drug-likeness (QED) is 0.840. The van der Waals surface area contributed by atoms with Crippen molar-refractivity contribution in [3.63, 3.8) is 0 Å². The summed E-state index contributed by atoms with van der Waals surface area (Å²) in [7, 11) is 0. The number of halogens is 1. The Bertz CT molecular complexity index is 630. The maximum atomic E-state index is 12.2. The number of carbonyl (C=O) groups excluding carboxylic acids is 1. The minimum absolute atomic E-state index is 0.187. The summed E-state index contributed by atoms with van der Waals surface area (Å²) in [4.78, 5) is 12.2. The topological polar surface area (TPSA) is 41.1 Å². The molecule has 0 aliphatic rings. The zero-order valence-electron chi connectivity index (χ0n) is 12.9. The van der Waals surface area contributed by atoms with Crippen molar-refractivity contribution in [1.82, 2.24) is 10.6 Å². The van der Waals surface area contributed by atoms with E-state index in [2.05, 4.69) is 10.6 Å². The van der Waals surface area contributed by atoms with Crippen LogP contribution in [0.2, 0.25) is 5.02 Å². The van der Waals surface area contributed by atoms with Gasteiger partial charge in [0.15, 0.2) is 0 Å². The Balaban J connectivity index is 2.01. The number of nitrogens with one attached hydrogen (secondary N) is 2. The van der Waals surface area contributed by atoms with E-state index in [9.17, 15) is 4.79 Å². The lowest BCUT2D eigenvalue weighted by molar-refractivity contribution is 0.225. The summed E-state index contributed by atoms with van der Waals surface area (Å²) in [6.07, 6.45) is 0.770. The first kappa shape index (κ1) is 16.4. The van der Waals surface area contributed by atoms with Crippen LogP contribution in [0.15, 0.2) is 54.6 Å². The largest absolute Gasteiger partial charge is 0.334 e. The first-order chi connectivity index (χ1) is 10.5. The molecule has 1 atom stereocenters. The Labute approximate surface area is 136 Å². The van der Waals surface area contributed by atoms with E-state index in [1.54, 1.807) is 0 Å². The number of hydrogen-bond acceptors (Lipinski definition) is 1. The van der Waals surface area contributed by atoms with Gasteiger partial charge in [-0.25, -0.2) is 4.79 Å². The SMILES string of the molecule is CCC(C)(NC(=O)NCc1ccccc1)c1cccc(Cl)c1. The molecular weight excluding hydrogens is 296 g/mol. The number of carbonyl (C=O) groups is 1. The third kappa shape index (κ3) is 4.25. The molecule has 0 spiro atoms. The third-order valence-corrected chi connectivity index (χ3v) is 4.09. The van der Waals surface area contributed by atoms with Crippen LogP contribution in [-0.2, 0) is 12.1 Å². The summed E-state index contributed by atoms with van der Waals surface area (Å²) in [6.45, 7) is 4.54. The average Bonchev–Trinajstić information content (AvgIpc) is 2.54. The van der Waals surface area contributed by atoms with Gasteiger partial charge in [-0.2, -0.15) is 0 Å². The van der Waals surface area contributed by atoms with Gasteiger partial charge in [0.2, 0.25) is 0 Å². The average molecular weight is 317 g/mol. The van der Waals surface area contributed by atoms with Crippen LogP contribution >= 0.6 is 11.6 Å². The molecule has 0 aliphatic carbocycles. The van der Waals surface area contributed by atoms with Gasteiger partial charge in [-0.1, -0.05) is 61.0 Å². The maximum Gasteiger partial charge on any atom is 0.315 e. The molecule has 2 aromatic carbocycles. The zero-order valence-corrected chi connectivity index (χ0v) is 13.7. The molecule has 2 N–H and O–H groups in total. The molecule has 0 heterocycles. The predicted molar refractivity (Wildman–Crippen MR) is 90.9 cm³/mol. The van der Waals surface area contributed by atoms with Crippen molar-refractivity contribution < 1.29 is 4.79 Å². The Kier molecular flexibility index (Phi) is 5.45. The predicted octanol–water partition coefficient (Wildman–Crippen LogP) is 4.46. The van der Waals surface area contributed by atoms with Crippen molar-refractivity contribution in [2.45, 2.75) is 32.4 Å². The van der Waals surface area contributed by atoms with E-state index >= 15 is 0 Å². The van der Waals surface area contributed by atoms with Crippen molar-refractivity contribution in [1.29, 1.82) is 0 Å². The van der Waals surface area contributed by atoms with Crippen LogP contribution in [0.4, 0.5) is 4.79 Å². The van der Waals surface area contributed by atoms with Crippen LogP contribution in [0.1, 0.15) is 31.4 Å². The van der Waals surface area contributed by atoms with Crippen LogP contribution in [0.25, 0.3) is 0 Å². The molecule has 2 aromatic rings. The molecule has 0 radical (unpaired) electrons. The molecule has 22 heavy (non-hydrogen) atoms. The molecular formula is C18H21ClN2O. The van der Waals surface area contributed by atoms with E-state index in [4.69, 9.17) is 11.6 Å². The Hall–Kier alpha value is -2.00. The zero-order chi connectivity index (χ0) is 16.0. The van der Waals surface area contributed by atoms with E-state index in [1.165, 1.54) is 0 Å². The lowest BCUT2D eigenvalue weighted by Gasteiger charge is -2.30. The van der Waals surface area contributed by atoms with E-state index in [-0.39, 0.29) is 6.03 Å². The highest BCUT2D eigenvalue weighted by Crippen LogP contribution is 2.26. The molecule has 0 bridgehead atoms. The van der Waals surface area contributed by atoms with Gasteiger partial charge in [0.05, 0.1) is 5.54 Å². The smallest absolute Gasteiger partial charge is 0.315 e. The molecule has 4 heteroatoms. The maximum absolute atomic E-state index is 12.2. The second-order valence-electron chi connectivity index (χ2n) is 5.49. The summed E-state index contributed by atoms with van der Waals surface area (Å²) >= 11 is 6.06. The second-order valence-corrected chi connectivity index (χ2v) is 5.93. The molecule has 2 amide bonds. The molecule has 0 saturated heterocycles. The fraction of sp³-hybridized carbons (Fsp3) is 0.278. The van der Waals surface area contributed by atoms with Gasteiger partial charge in [-0.3, -0.25) is 0 Å². The normalized spacial score (nSPS) is 13.2. The molecule has 2 rings (SSSR count). The summed E-state index contributed by atoms with van der Waals surface area (Å²) in [5.74, 6) is 0.